The van der Waals surface area contributed by atoms with Crippen molar-refractivity contribution >= 4 is 22.1 Å². The molecule has 3 N–H and O–H groups in total. The van der Waals surface area contributed by atoms with Crippen LogP contribution in [-0.4, -0.2) is 51.5 Å². The molecule has 2 rings (SSSR count). The first-order valence-electron chi connectivity index (χ1n) is 11.4. The predicted molar refractivity (Wildman–Crippen MR) is 142 cm³/mol. The topological polar surface area (TPSA) is 95.9 Å². The van der Waals surface area contributed by atoms with Gasteiger partial charge in [0.05, 0.1) is 6.61 Å². The summed E-state index contributed by atoms with van der Waals surface area (Å²) >= 11 is 0. The Morgan fingerprint density at radius 1 is 0.882 bits per heavy atom. The Balaban J connectivity index is 0.000000617. The maximum atomic E-state index is 11.0. The SMILES string of the molecule is CC.CC(C)(C)OC(=O)NC(CO)C(=O)O.CC(C)(C)S(C)(c1ccccc1)c1ccccc1. The van der Waals surface area contributed by atoms with Crippen LogP contribution in [0.25, 0.3) is 0 Å². The maximum Gasteiger partial charge on any atom is 0.408 e. The van der Waals surface area contributed by atoms with Crippen LogP contribution < -0.4 is 5.32 Å². The number of amides is 1. The third-order valence-electron chi connectivity index (χ3n) is 4.83. The molecule has 2 aromatic carbocycles. The summed E-state index contributed by atoms with van der Waals surface area (Å²) in [5.74, 6) is -1.31. The first-order valence-corrected chi connectivity index (χ1v) is 13.5. The summed E-state index contributed by atoms with van der Waals surface area (Å²) in [6.45, 7) is 15.3. The van der Waals surface area contributed by atoms with E-state index in [4.69, 9.17) is 14.9 Å². The van der Waals surface area contributed by atoms with Gasteiger partial charge in [-0.25, -0.2) is 9.59 Å². The van der Waals surface area contributed by atoms with Crippen molar-refractivity contribution in [3.05, 3.63) is 60.7 Å². The zero-order valence-corrected chi connectivity index (χ0v) is 22.9. The van der Waals surface area contributed by atoms with Crippen molar-refractivity contribution in [2.45, 2.75) is 81.6 Å². The number of rotatable bonds is 5. The van der Waals surface area contributed by atoms with Gasteiger partial charge in [0.2, 0.25) is 0 Å². The van der Waals surface area contributed by atoms with E-state index in [9.17, 15) is 9.59 Å². The van der Waals surface area contributed by atoms with E-state index in [0.717, 1.165) is 0 Å². The van der Waals surface area contributed by atoms with E-state index in [2.05, 4.69) is 87.7 Å². The molecule has 0 saturated heterocycles. The molecular formula is C27H43NO5S. The molecule has 7 heteroatoms. The molecule has 0 bridgehead atoms. The van der Waals surface area contributed by atoms with Gasteiger partial charge in [0, 0.05) is 0 Å². The molecule has 0 saturated carbocycles. The van der Waals surface area contributed by atoms with E-state index in [1.807, 2.05) is 19.2 Å². The summed E-state index contributed by atoms with van der Waals surface area (Å²) < 4.78 is 5.04. The number of hydrogen-bond acceptors (Lipinski definition) is 4. The highest BCUT2D eigenvalue weighted by Gasteiger charge is 2.35. The second-order valence-corrected chi connectivity index (χ2v) is 13.4. The molecule has 0 aliphatic rings. The Labute approximate surface area is 207 Å². The van der Waals surface area contributed by atoms with Gasteiger partial charge in [-0.2, -0.15) is 10.0 Å². The first-order chi connectivity index (χ1) is 15.7. The minimum absolute atomic E-state index is 0.246. The molecule has 1 amide bonds. The molecule has 0 aliphatic heterocycles. The van der Waals surface area contributed by atoms with Crippen molar-refractivity contribution in [2.75, 3.05) is 12.9 Å². The number of alkyl carbamates (subject to hydrolysis) is 1. The van der Waals surface area contributed by atoms with E-state index in [1.165, 1.54) is 9.79 Å². The van der Waals surface area contributed by atoms with Gasteiger partial charge in [-0.15, -0.1) is 0 Å². The Hall–Kier alpha value is -2.51. The van der Waals surface area contributed by atoms with Crippen molar-refractivity contribution in [2.24, 2.45) is 0 Å². The maximum absolute atomic E-state index is 11.0. The Bertz CT molecular complexity index is 819. The highest BCUT2D eigenvalue weighted by atomic mass is 32.3. The lowest BCUT2D eigenvalue weighted by Gasteiger charge is -2.48. The average molecular weight is 494 g/mol. The lowest BCUT2D eigenvalue weighted by atomic mass is 10.2. The van der Waals surface area contributed by atoms with Crippen molar-refractivity contribution in [1.29, 1.82) is 0 Å². The number of aliphatic hydroxyl groups excluding tert-OH is 1. The molecule has 2 aromatic rings. The Morgan fingerprint density at radius 2 is 1.26 bits per heavy atom. The summed E-state index contributed by atoms with van der Waals surface area (Å²) in [5, 5.41) is 19.1. The fourth-order valence-electron chi connectivity index (χ4n) is 2.86. The van der Waals surface area contributed by atoms with Crippen molar-refractivity contribution in [1.82, 2.24) is 5.32 Å². The second kappa shape index (κ2) is 14.0. The molecule has 6 nitrogen and oxygen atoms in total. The lowest BCUT2D eigenvalue weighted by Crippen LogP contribution is -2.45. The fraction of sp³-hybridized carbons (Fsp3) is 0.481. The summed E-state index contributed by atoms with van der Waals surface area (Å²) in [6, 6.07) is 20.5. The van der Waals surface area contributed by atoms with Gasteiger partial charge in [-0.1, -0.05) is 71.0 Å². The van der Waals surface area contributed by atoms with E-state index in [-0.39, 0.29) is 4.75 Å². The number of ether oxygens (including phenoxy) is 1. The molecule has 192 valence electrons. The van der Waals surface area contributed by atoms with Gasteiger partial charge in [0.15, 0.2) is 6.04 Å². The van der Waals surface area contributed by atoms with E-state index >= 15 is 0 Å². The first kappa shape index (κ1) is 31.5. The third-order valence-corrected chi connectivity index (χ3v) is 9.71. The number of carboxylic acids is 1. The van der Waals surface area contributed by atoms with Crippen LogP contribution >= 0.6 is 10.0 Å². The van der Waals surface area contributed by atoms with Gasteiger partial charge >= 0.3 is 12.1 Å². The smallest absolute Gasteiger partial charge is 0.408 e. The zero-order chi connectivity index (χ0) is 26.6. The molecule has 0 radical (unpaired) electrons. The van der Waals surface area contributed by atoms with Gasteiger partial charge < -0.3 is 20.3 Å². The number of nitrogens with one attached hydrogen (secondary N) is 1. The minimum atomic E-state index is -1.33. The van der Waals surface area contributed by atoms with Crippen LogP contribution in [0.1, 0.15) is 55.4 Å². The summed E-state index contributed by atoms with van der Waals surface area (Å²) in [6.07, 6.45) is 1.57. The number of benzene rings is 2. The van der Waals surface area contributed by atoms with Gasteiger partial charge in [-0.05, 0) is 65.8 Å². The molecule has 1 atom stereocenters. The monoisotopic (exact) mass is 493 g/mol. The van der Waals surface area contributed by atoms with Crippen molar-refractivity contribution < 1.29 is 24.5 Å². The van der Waals surface area contributed by atoms with Gasteiger partial charge in [0.25, 0.3) is 0 Å². The zero-order valence-electron chi connectivity index (χ0n) is 22.1. The van der Waals surface area contributed by atoms with Gasteiger partial charge in [-0.3, -0.25) is 0 Å². The van der Waals surface area contributed by atoms with Crippen LogP contribution in [0.2, 0.25) is 0 Å². The Morgan fingerprint density at radius 3 is 1.53 bits per heavy atom. The molecule has 0 aromatic heterocycles. The van der Waals surface area contributed by atoms with Crippen LogP contribution in [0.4, 0.5) is 4.79 Å². The molecule has 1 unspecified atom stereocenters. The molecule has 0 spiro atoms. The van der Waals surface area contributed by atoms with E-state index in [1.54, 1.807) is 20.8 Å². The molecule has 34 heavy (non-hydrogen) atoms. The van der Waals surface area contributed by atoms with Gasteiger partial charge in [0.1, 0.15) is 5.60 Å². The van der Waals surface area contributed by atoms with Crippen molar-refractivity contribution in [3.63, 3.8) is 0 Å². The Kier molecular flexibility index (Phi) is 13.0. The number of carbonyl (C=O) groups is 2. The normalized spacial score (nSPS) is 12.6. The number of hydrogen-bond donors (Lipinski definition) is 3. The molecule has 0 heterocycles. The van der Waals surface area contributed by atoms with Crippen LogP contribution in [0.3, 0.4) is 0 Å². The van der Waals surface area contributed by atoms with Crippen LogP contribution in [-0.2, 0) is 9.53 Å². The van der Waals surface area contributed by atoms with Crippen LogP contribution in [0.5, 0.6) is 0 Å². The van der Waals surface area contributed by atoms with Crippen molar-refractivity contribution in [3.8, 4) is 0 Å². The number of aliphatic hydroxyl groups is 1. The largest absolute Gasteiger partial charge is 0.480 e. The van der Waals surface area contributed by atoms with E-state index < -0.39 is 40.3 Å². The molecular weight excluding hydrogens is 450 g/mol. The lowest BCUT2D eigenvalue weighted by molar-refractivity contribution is -0.140. The standard InChI is InChI=1S/C17H22S.C8H15NO5.C2H6/c1-17(2,3)18(4,15-11-7-5-8-12-15)16-13-9-6-10-14-16;1-8(2,3)14-7(13)9-5(4-10)6(11)12;1-2/h5-14H,1-4H3;5,10H,4H2,1-3H3,(H,9,13)(H,11,12);1-2H3. The number of aliphatic carboxylic acids is 1. The quantitative estimate of drug-likeness (QED) is 0.453. The summed E-state index contributed by atoms with van der Waals surface area (Å²) in [4.78, 5) is 24.3. The van der Waals surface area contributed by atoms with Crippen LogP contribution in [0.15, 0.2) is 70.5 Å². The summed E-state index contributed by atoms with van der Waals surface area (Å²) in [5.41, 5.74) is -0.692. The highest BCUT2D eigenvalue weighted by molar-refractivity contribution is 8.34. The van der Waals surface area contributed by atoms with E-state index in [0.29, 0.717) is 0 Å². The third kappa shape index (κ3) is 9.77. The predicted octanol–water partition coefficient (Wildman–Crippen LogP) is 6.32. The average Bonchev–Trinajstić information content (AvgIpc) is 2.77. The highest BCUT2D eigenvalue weighted by Crippen LogP contribution is 2.67. The summed E-state index contributed by atoms with van der Waals surface area (Å²) in [7, 11) is -1.01. The van der Waals surface area contributed by atoms with Crippen LogP contribution in [0, 0.1) is 0 Å². The number of carboxylic acid groups (broad SMARTS) is 1. The number of carbonyl (C=O) groups excluding carboxylic acids is 1. The molecule has 0 aliphatic carbocycles. The fourth-order valence-corrected chi connectivity index (χ4v) is 5.95. The molecule has 0 fully saturated rings. The second-order valence-electron chi connectivity index (χ2n) is 9.38. The minimum Gasteiger partial charge on any atom is -0.480 e.